The van der Waals surface area contributed by atoms with E-state index in [0.29, 0.717) is 36.5 Å². The molecule has 0 fully saturated rings. The molecule has 2 radical (unpaired) electrons. The van der Waals surface area contributed by atoms with Gasteiger partial charge in [-0.3, -0.25) is 0 Å². The van der Waals surface area contributed by atoms with Crippen molar-refractivity contribution in [1.29, 1.82) is 0 Å². The van der Waals surface area contributed by atoms with Crippen LogP contribution in [0.5, 0.6) is 17.2 Å². The minimum absolute atomic E-state index is 0. The van der Waals surface area contributed by atoms with Gasteiger partial charge in [0, 0.05) is 17.9 Å². The molecule has 61 heavy (non-hydrogen) atoms. The zero-order chi connectivity index (χ0) is 47.1. The Labute approximate surface area is 371 Å². The Morgan fingerprint density at radius 2 is 0.492 bits per heavy atom. The molecule has 0 aliphatic rings. The van der Waals surface area contributed by atoms with Crippen LogP contribution in [-0.2, 0) is 66.1 Å². The molecular formula is C51H75O9P. The van der Waals surface area contributed by atoms with Gasteiger partial charge in [-0.05, 0) is 121 Å². The van der Waals surface area contributed by atoms with Crippen molar-refractivity contribution in [1.82, 2.24) is 0 Å². The zero-order valence-corrected chi connectivity index (χ0v) is 41.3. The van der Waals surface area contributed by atoms with Gasteiger partial charge in [-0.2, -0.15) is 0 Å². The standard InChI is InChI=1S/3C17H26O3.P/c3*1-16(2,3)12-9-11(7-8-14(18)19)10-13(15(12)20)17(4,5)6;/h3*9-10,20H,7-8H2,1-6H3,(H,18,19);/q;;;+3/p-3. The summed E-state index contributed by atoms with van der Waals surface area (Å²) in [6.07, 6.45) is 1.27. The Kier molecular flexibility index (Phi) is 19.9. The second-order valence-electron chi connectivity index (χ2n) is 22.2. The maximum atomic E-state index is 10.6. The molecule has 0 amide bonds. The number of hydrogen-bond acceptors (Lipinski definition) is 9. The fourth-order valence-corrected chi connectivity index (χ4v) is 6.69. The number of carboxylic acid groups (broad SMARTS) is 3. The minimum atomic E-state index is -1.05. The Bertz CT molecular complexity index is 1640. The summed E-state index contributed by atoms with van der Waals surface area (Å²) in [7, 11) is 0. The molecular weight excluding hydrogens is 788 g/mol. The fourth-order valence-electron chi connectivity index (χ4n) is 6.69. The van der Waals surface area contributed by atoms with E-state index < -0.39 is 17.9 Å². The van der Waals surface area contributed by atoms with Crippen molar-refractivity contribution in [2.24, 2.45) is 0 Å². The van der Waals surface area contributed by atoms with Gasteiger partial charge in [0.05, 0.1) is 0 Å². The Balaban J connectivity index is 0.000000878. The third-order valence-corrected chi connectivity index (χ3v) is 10.2. The summed E-state index contributed by atoms with van der Waals surface area (Å²) in [6.45, 7) is 36.7. The van der Waals surface area contributed by atoms with Gasteiger partial charge in [0.25, 0.3) is 0 Å². The first-order valence-electron chi connectivity index (χ1n) is 21.0. The van der Waals surface area contributed by atoms with Crippen LogP contribution in [0.3, 0.4) is 0 Å². The van der Waals surface area contributed by atoms with Crippen LogP contribution in [0, 0.1) is 0 Å². The predicted octanol–water partition coefficient (Wildman–Crippen LogP) is 8.87. The summed E-state index contributed by atoms with van der Waals surface area (Å²) in [5.41, 5.74) is 6.80. The van der Waals surface area contributed by atoms with Crippen molar-refractivity contribution in [2.75, 3.05) is 0 Å². The van der Waals surface area contributed by atoms with E-state index >= 15 is 0 Å². The number of aromatic hydroxyl groups is 3. The molecule has 0 aliphatic heterocycles. The monoisotopic (exact) mass is 863 g/mol. The van der Waals surface area contributed by atoms with Gasteiger partial charge in [-0.15, -0.1) is 0 Å². The maximum Gasteiger partial charge on any atom is 3.00 e. The van der Waals surface area contributed by atoms with Gasteiger partial charge in [-0.25, -0.2) is 0 Å². The molecule has 10 heteroatoms. The number of phenolic OH excluding ortho intramolecular Hbond substituents is 3. The van der Waals surface area contributed by atoms with Crippen LogP contribution in [0.4, 0.5) is 0 Å². The summed E-state index contributed by atoms with van der Waals surface area (Å²) < 4.78 is 0. The Morgan fingerprint density at radius 3 is 0.590 bits per heavy atom. The summed E-state index contributed by atoms with van der Waals surface area (Å²) in [5.74, 6) is -2.18. The molecule has 0 aliphatic carbocycles. The van der Waals surface area contributed by atoms with Crippen LogP contribution >= 0.6 is 9.90 Å². The van der Waals surface area contributed by atoms with Gasteiger partial charge < -0.3 is 45.0 Å². The molecule has 0 spiro atoms. The third kappa shape index (κ3) is 18.0. The van der Waals surface area contributed by atoms with Crippen molar-refractivity contribution in [3.8, 4) is 17.2 Å². The molecule has 0 bridgehead atoms. The predicted molar refractivity (Wildman–Crippen MR) is 243 cm³/mol. The van der Waals surface area contributed by atoms with E-state index in [-0.39, 0.29) is 61.7 Å². The molecule has 3 aromatic carbocycles. The zero-order valence-electron chi connectivity index (χ0n) is 40.4. The number of rotatable bonds is 9. The van der Waals surface area contributed by atoms with Gasteiger partial charge in [-0.1, -0.05) is 161 Å². The van der Waals surface area contributed by atoms with Crippen LogP contribution in [0.1, 0.15) is 194 Å². The minimum Gasteiger partial charge on any atom is -0.550 e. The first-order chi connectivity index (χ1) is 26.8. The molecule has 0 aromatic heterocycles. The molecule has 0 saturated heterocycles. The van der Waals surface area contributed by atoms with Crippen LogP contribution in [0.2, 0.25) is 0 Å². The summed E-state index contributed by atoms with van der Waals surface area (Å²) in [6, 6.07) is 11.5. The van der Waals surface area contributed by atoms with Crippen LogP contribution < -0.4 is 15.3 Å². The number of carbonyl (C=O) groups excluding carboxylic acids is 3. The summed E-state index contributed by atoms with van der Waals surface area (Å²) in [5, 5.41) is 63.5. The number of hydrogen-bond donors (Lipinski definition) is 3. The summed E-state index contributed by atoms with van der Waals surface area (Å²) in [4.78, 5) is 31.9. The molecule has 0 heterocycles. The molecule has 338 valence electrons. The normalized spacial score (nSPS) is 12.3. The van der Waals surface area contributed by atoms with E-state index in [0.717, 1.165) is 50.1 Å². The maximum absolute atomic E-state index is 10.6. The topological polar surface area (TPSA) is 181 Å². The van der Waals surface area contributed by atoms with E-state index in [1.54, 1.807) is 0 Å². The SMILES string of the molecule is CC(C)(C)c1cc(CCC(=O)[O-])cc(C(C)(C)C)c1O.CC(C)(C)c1cc(CCC(=O)[O-])cc(C(C)(C)C)c1O.CC(C)(C)c1cc(CCC(=O)[O-])cc(C(C)(C)C)c1O.[P+3]. The van der Waals surface area contributed by atoms with Gasteiger partial charge >= 0.3 is 9.90 Å². The van der Waals surface area contributed by atoms with Crippen molar-refractivity contribution < 1.29 is 45.0 Å². The molecule has 0 atom stereocenters. The first-order valence-corrected chi connectivity index (χ1v) is 21.0. The first kappa shape index (κ1) is 56.9. The van der Waals surface area contributed by atoms with E-state index in [1.165, 1.54) is 0 Å². The van der Waals surface area contributed by atoms with Gasteiger partial charge in [0.15, 0.2) is 0 Å². The van der Waals surface area contributed by atoms with Crippen LogP contribution in [-0.4, -0.2) is 33.2 Å². The van der Waals surface area contributed by atoms with Gasteiger partial charge in [0.2, 0.25) is 0 Å². The van der Waals surface area contributed by atoms with E-state index in [4.69, 9.17) is 0 Å². The van der Waals surface area contributed by atoms with Crippen molar-refractivity contribution in [3.63, 3.8) is 0 Å². The van der Waals surface area contributed by atoms with Gasteiger partial charge in [0.1, 0.15) is 17.2 Å². The molecule has 9 nitrogen and oxygen atoms in total. The number of benzene rings is 3. The second kappa shape index (κ2) is 21.3. The van der Waals surface area contributed by atoms with E-state index in [2.05, 4.69) is 0 Å². The number of carboxylic acids is 3. The smallest absolute Gasteiger partial charge is 0.550 e. The molecule has 3 aromatic rings. The van der Waals surface area contributed by atoms with Crippen LogP contribution in [0.25, 0.3) is 0 Å². The molecule has 3 N–H and O–H groups in total. The third-order valence-electron chi connectivity index (χ3n) is 10.2. The van der Waals surface area contributed by atoms with Crippen molar-refractivity contribution >= 4 is 27.8 Å². The summed E-state index contributed by atoms with van der Waals surface area (Å²) >= 11 is 0. The number of carbonyl (C=O) groups is 3. The average Bonchev–Trinajstić information content (AvgIpc) is 3.04. The van der Waals surface area contributed by atoms with E-state index in [1.807, 2.05) is 161 Å². The molecule has 3 rings (SSSR count). The number of phenols is 3. The van der Waals surface area contributed by atoms with Crippen LogP contribution in [0.15, 0.2) is 36.4 Å². The molecule has 0 saturated carbocycles. The van der Waals surface area contributed by atoms with Crippen molar-refractivity contribution in [2.45, 2.75) is 196 Å². The molecule has 0 unspecified atom stereocenters. The fraction of sp³-hybridized carbons (Fsp3) is 0.588. The van der Waals surface area contributed by atoms with E-state index in [9.17, 15) is 45.0 Å². The second-order valence-corrected chi connectivity index (χ2v) is 22.2. The Hall–Kier alpha value is -4.10. The van der Waals surface area contributed by atoms with Crippen molar-refractivity contribution in [3.05, 3.63) is 86.5 Å². The Morgan fingerprint density at radius 1 is 0.361 bits per heavy atom. The number of aliphatic carboxylic acids is 3. The number of aryl methyl sites for hydroxylation is 3. The largest absolute Gasteiger partial charge is 3.00 e. The quantitative estimate of drug-likeness (QED) is 0.177. The average molecular weight is 863 g/mol.